The predicted molar refractivity (Wildman–Crippen MR) is 99.5 cm³/mol. The molecule has 0 aromatic heterocycles. The maximum Gasteiger partial charge on any atom is 0.276 e. The highest BCUT2D eigenvalue weighted by atomic mass is 16.6. The van der Waals surface area contributed by atoms with Crippen molar-refractivity contribution < 1.29 is 9.72 Å². The Labute approximate surface area is 149 Å². The quantitative estimate of drug-likeness (QED) is 0.508. The van der Waals surface area contributed by atoms with Crippen LogP contribution in [0.15, 0.2) is 30.3 Å². The van der Waals surface area contributed by atoms with E-state index in [4.69, 9.17) is 0 Å². The van der Waals surface area contributed by atoms with Gasteiger partial charge in [-0.05, 0) is 19.0 Å². The van der Waals surface area contributed by atoms with Gasteiger partial charge in [-0.1, -0.05) is 37.6 Å². The molecule has 0 amide bonds. The number of hydrogen-bond acceptors (Lipinski definition) is 5. The molecule has 2 rings (SSSR count). The standard InChI is InChI=1S/C19H27N3O3/c1-2-3-11-20-12-14-21(15-13-20)16-18(23)9-6-8-17-7-4-5-10-19(17)22(24)25/h4-8,10H,2-3,9,11-16H2,1H3. The lowest BCUT2D eigenvalue weighted by Crippen LogP contribution is -2.47. The number of nitro benzene ring substituents is 1. The van der Waals surface area contributed by atoms with E-state index in [9.17, 15) is 14.9 Å². The maximum atomic E-state index is 12.1. The molecule has 0 unspecified atom stereocenters. The molecule has 0 bridgehead atoms. The van der Waals surface area contributed by atoms with E-state index >= 15 is 0 Å². The Morgan fingerprint density at radius 3 is 2.56 bits per heavy atom. The summed E-state index contributed by atoms with van der Waals surface area (Å²) in [5.41, 5.74) is 0.597. The molecule has 0 spiro atoms. The second-order valence-electron chi connectivity index (χ2n) is 6.43. The minimum Gasteiger partial charge on any atom is -0.301 e. The summed E-state index contributed by atoms with van der Waals surface area (Å²) in [6, 6.07) is 6.56. The molecule has 6 nitrogen and oxygen atoms in total. The third-order valence-corrected chi connectivity index (χ3v) is 4.47. The predicted octanol–water partition coefficient (Wildman–Crippen LogP) is 2.98. The van der Waals surface area contributed by atoms with Gasteiger partial charge in [-0.2, -0.15) is 0 Å². The molecular formula is C19H27N3O3. The lowest BCUT2D eigenvalue weighted by molar-refractivity contribution is -0.385. The van der Waals surface area contributed by atoms with Crippen LogP contribution in [0.5, 0.6) is 0 Å². The van der Waals surface area contributed by atoms with Gasteiger partial charge in [-0.25, -0.2) is 0 Å². The summed E-state index contributed by atoms with van der Waals surface area (Å²) >= 11 is 0. The Balaban J connectivity index is 1.75. The van der Waals surface area contributed by atoms with Crippen molar-refractivity contribution >= 4 is 17.5 Å². The number of ketones is 1. The number of unbranched alkanes of at least 4 members (excludes halogenated alkanes) is 1. The van der Waals surface area contributed by atoms with E-state index in [0.29, 0.717) is 18.5 Å². The van der Waals surface area contributed by atoms with E-state index < -0.39 is 4.92 Å². The molecule has 1 aliphatic rings. The van der Waals surface area contributed by atoms with Crippen LogP contribution in [-0.4, -0.2) is 59.8 Å². The highest BCUT2D eigenvalue weighted by Crippen LogP contribution is 2.19. The van der Waals surface area contributed by atoms with Crippen LogP contribution in [0, 0.1) is 10.1 Å². The minimum absolute atomic E-state index is 0.0643. The first-order chi connectivity index (χ1) is 12.1. The molecule has 136 valence electrons. The molecule has 1 heterocycles. The number of carbonyl (C=O) groups excluding carboxylic acids is 1. The molecule has 25 heavy (non-hydrogen) atoms. The monoisotopic (exact) mass is 345 g/mol. The second-order valence-corrected chi connectivity index (χ2v) is 6.43. The Morgan fingerprint density at radius 1 is 1.20 bits per heavy atom. The van der Waals surface area contributed by atoms with Crippen molar-refractivity contribution in [2.75, 3.05) is 39.3 Å². The SMILES string of the molecule is CCCCN1CCN(CC(=O)CC=Cc2ccccc2[N+](=O)[O-])CC1. The van der Waals surface area contributed by atoms with Gasteiger partial charge in [0.05, 0.1) is 17.0 Å². The van der Waals surface area contributed by atoms with E-state index in [1.165, 1.54) is 18.9 Å². The summed E-state index contributed by atoms with van der Waals surface area (Å²) in [6.45, 7) is 7.73. The molecule has 1 saturated heterocycles. The fourth-order valence-corrected chi connectivity index (χ4v) is 2.98. The normalized spacial score (nSPS) is 16.4. The molecule has 1 aromatic carbocycles. The van der Waals surface area contributed by atoms with Crippen LogP contribution >= 0.6 is 0 Å². The van der Waals surface area contributed by atoms with E-state index in [1.807, 2.05) is 0 Å². The smallest absolute Gasteiger partial charge is 0.276 e. The van der Waals surface area contributed by atoms with Crippen LogP contribution in [0.3, 0.4) is 0 Å². The third-order valence-electron chi connectivity index (χ3n) is 4.47. The molecule has 1 aliphatic heterocycles. The number of hydrogen-bond donors (Lipinski definition) is 0. The van der Waals surface area contributed by atoms with Gasteiger partial charge in [0.15, 0.2) is 5.78 Å². The third kappa shape index (κ3) is 6.40. The number of allylic oxidation sites excluding steroid dienone is 1. The highest BCUT2D eigenvalue weighted by Gasteiger charge is 2.18. The summed E-state index contributed by atoms with van der Waals surface area (Å²) in [5.74, 6) is 0.150. The number of Topliss-reactive ketones (excluding diaryl/α,β-unsaturated/α-hetero) is 1. The van der Waals surface area contributed by atoms with Crippen molar-refractivity contribution in [2.24, 2.45) is 0 Å². The van der Waals surface area contributed by atoms with Crippen LogP contribution in [0.25, 0.3) is 6.08 Å². The zero-order chi connectivity index (χ0) is 18.1. The van der Waals surface area contributed by atoms with Crippen molar-refractivity contribution in [1.82, 2.24) is 9.80 Å². The first-order valence-electron chi connectivity index (χ1n) is 8.96. The van der Waals surface area contributed by atoms with E-state index in [0.717, 1.165) is 32.7 Å². The van der Waals surface area contributed by atoms with Crippen LogP contribution in [0.4, 0.5) is 5.69 Å². The second kappa shape index (κ2) is 10.1. The number of para-hydroxylation sites is 1. The summed E-state index contributed by atoms with van der Waals surface area (Å²) in [5, 5.41) is 11.0. The number of carbonyl (C=O) groups is 1. The number of piperazine rings is 1. The number of rotatable bonds is 9. The lowest BCUT2D eigenvalue weighted by atomic mass is 10.1. The van der Waals surface area contributed by atoms with Gasteiger partial charge in [0, 0.05) is 38.7 Å². The van der Waals surface area contributed by atoms with Gasteiger partial charge in [-0.15, -0.1) is 0 Å². The largest absolute Gasteiger partial charge is 0.301 e. The van der Waals surface area contributed by atoms with Crippen LogP contribution < -0.4 is 0 Å². The fraction of sp³-hybridized carbons (Fsp3) is 0.526. The molecule has 0 radical (unpaired) electrons. The Kier molecular flexibility index (Phi) is 7.76. The highest BCUT2D eigenvalue weighted by molar-refractivity contribution is 5.82. The van der Waals surface area contributed by atoms with Crippen molar-refractivity contribution in [3.8, 4) is 0 Å². The zero-order valence-corrected chi connectivity index (χ0v) is 14.9. The lowest BCUT2D eigenvalue weighted by Gasteiger charge is -2.34. The fourth-order valence-electron chi connectivity index (χ4n) is 2.98. The van der Waals surface area contributed by atoms with Gasteiger partial charge < -0.3 is 4.90 Å². The summed E-state index contributed by atoms with van der Waals surface area (Å²) in [6.07, 6.45) is 6.14. The summed E-state index contributed by atoms with van der Waals surface area (Å²) < 4.78 is 0. The maximum absolute atomic E-state index is 12.1. The van der Waals surface area contributed by atoms with Gasteiger partial charge in [-0.3, -0.25) is 19.8 Å². The first-order valence-corrected chi connectivity index (χ1v) is 8.96. The molecule has 1 fully saturated rings. The van der Waals surface area contributed by atoms with E-state index in [1.54, 1.807) is 30.4 Å². The van der Waals surface area contributed by atoms with Crippen molar-refractivity contribution in [1.29, 1.82) is 0 Å². The van der Waals surface area contributed by atoms with Gasteiger partial charge in [0.2, 0.25) is 0 Å². The van der Waals surface area contributed by atoms with Crippen LogP contribution in [0.2, 0.25) is 0 Å². The first kappa shape index (κ1) is 19.3. The Morgan fingerprint density at radius 2 is 1.88 bits per heavy atom. The van der Waals surface area contributed by atoms with E-state index in [-0.39, 0.29) is 11.5 Å². The summed E-state index contributed by atoms with van der Waals surface area (Å²) in [7, 11) is 0. The van der Waals surface area contributed by atoms with Crippen molar-refractivity contribution in [3.05, 3.63) is 46.0 Å². The molecule has 0 aliphatic carbocycles. The Bertz CT molecular complexity index is 608. The topological polar surface area (TPSA) is 66.7 Å². The van der Waals surface area contributed by atoms with Crippen LogP contribution in [-0.2, 0) is 4.79 Å². The zero-order valence-electron chi connectivity index (χ0n) is 14.9. The molecular weight excluding hydrogens is 318 g/mol. The van der Waals surface area contributed by atoms with Gasteiger partial charge in [0.25, 0.3) is 5.69 Å². The number of benzene rings is 1. The summed E-state index contributed by atoms with van der Waals surface area (Å²) in [4.78, 5) is 27.4. The number of nitro groups is 1. The molecule has 0 saturated carbocycles. The van der Waals surface area contributed by atoms with Crippen LogP contribution in [0.1, 0.15) is 31.7 Å². The average molecular weight is 345 g/mol. The van der Waals surface area contributed by atoms with Gasteiger partial charge in [0.1, 0.15) is 0 Å². The van der Waals surface area contributed by atoms with Crippen molar-refractivity contribution in [2.45, 2.75) is 26.2 Å². The average Bonchev–Trinajstić information content (AvgIpc) is 2.61. The van der Waals surface area contributed by atoms with Gasteiger partial charge >= 0.3 is 0 Å². The molecule has 0 atom stereocenters. The molecule has 6 heteroatoms. The van der Waals surface area contributed by atoms with Crippen molar-refractivity contribution in [3.63, 3.8) is 0 Å². The molecule has 1 aromatic rings. The Hall–Kier alpha value is -2.05. The number of nitrogens with zero attached hydrogens (tertiary/aromatic N) is 3. The minimum atomic E-state index is -0.403. The van der Waals surface area contributed by atoms with E-state index in [2.05, 4.69) is 16.7 Å². The molecule has 0 N–H and O–H groups in total.